The lowest BCUT2D eigenvalue weighted by atomic mass is 9.86. The van der Waals surface area contributed by atoms with Crippen molar-refractivity contribution in [3.63, 3.8) is 0 Å². The molecule has 0 aromatic heterocycles. The maximum absolute atomic E-state index is 5.63. The number of hydrogen-bond donors (Lipinski definition) is 1. The molecule has 0 saturated carbocycles. The Hall–Kier alpha value is -1.24. The van der Waals surface area contributed by atoms with Crippen LogP contribution in [0, 0.1) is 0 Å². The van der Waals surface area contributed by atoms with E-state index in [1.165, 1.54) is 5.56 Å². The van der Waals surface area contributed by atoms with E-state index < -0.39 is 0 Å². The van der Waals surface area contributed by atoms with Gasteiger partial charge in [-0.3, -0.25) is 0 Å². The summed E-state index contributed by atoms with van der Waals surface area (Å²) in [4.78, 5) is 0. The van der Waals surface area contributed by atoms with Gasteiger partial charge < -0.3 is 5.73 Å². The summed E-state index contributed by atoms with van der Waals surface area (Å²) in [5, 5.41) is 0. The van der Waals surface area contributed by atoms with Gasteiger partial charge in [0.25, 0.3) is 0 Å². The maximum Gasteiger partial charge on any atom is 0.0314 e. The van der Waals surface area contributed by atoms with E-state index in [0.717, 1.165) is 5.56 Å². The molecule has 0 amide bonds. The zero-order valence-corrected chi connectivity index (χ0v) is 8.59. The second-order valence-electron chi connectivity index (χ2n) is 4.36. The molecule has 2 N–H and O–H groups in total. The van der Waals surface area contributed by atoms with E-state index in [4.69, 9.17) is 5.73 Å². The quantitative estimate of drug-likeness (QED) is 0.697. The average molecular weight is 175 g/mol. The molecule has 0 saturated heterocycles. The topological polar surface area (TPSA) is 26.0 Å². The minimum Gasteiger partial charge on any atom is -0.399 e. The number of nitrogens with two attached hydrogens (primary N) is 1. The smallest absolute Gasteiger partial charge is 0.0314 e. The fraction of sp³-hybridized carbons (Fsp3) is 0.333. The molecule has 1 aromatic carbocycles. The number of rotatable bonds is 1. The van der Waals surface area contributed by atoms with E-state index in [-0.39, 0.29) is 5.41 Å². The Balaban J connectivity index is 3.13. The van der Waals surface area contributed by atoms with Gasteiger partial charge in [-0.1, -0.05) is 45.5 Å². The van der Waals surface area contributed by atoms with Crippen LogP contribution in [0.5, 0.6) is 0 Å². The van der Waals surface area contributed by atoms with Crippen LogP contribution in [0.2, 0.25) is 0 Å². The predicted octanol–water partition coefficient (Wildman–Crippen LogP) is 2.91. The first kappa shape index (κ1) is 9.85. The lowest BCUT2D eigenvalue weighted by Crippen LogP contribution is -2.11. The molecule has 1 rings (SSSR count). The van der Waals surface area contributed by atoms with Gasteiger partial charge in [0.1, 0.15) is 0 Å². The third-order valence-electron chi connectivity index (χ3n) is 2.10. The van der Waals surface area contributed by atoms with Gasteiger partial charge in [0, 0.05) is 5.70 Å². The Kier molecular flexibility index (Phi) is 2.46. The first-order chi connectivity index (χ1) is 5.91. The first-order valence-electron chi connectivity index (χ1n) is 4.46. The van der Waals surface area contributed by atoms with Crippen molar-refractivity contribution in [3.05, 3.63) is 42.0 Å². The summed E-state index contributed by atoms with van der Waals surface area (Å²) in [6.07, 6.45) is 0. The summed E-state index contributed by atoms with van der Waals surface area (Å²) < 4.78 is 0. The van der Waals surface area contributed by atoms with Gasteiger partial charge in [0.2, 0.25) is 0 Å². The largest absolute Gasteiger partial charge is 0.399 e. The summed E-state index contributed by atoms with van der Waals surface area (Å²) in [6.45, 7) is 10.3. The fourth-order valence-electron chi connectivity index (χ4n) is 1.19. The molecule has 0 spiro atoms. The second kappa shape index (κ2) is 3.25. The van der Waals surface area contributed by atoms with Crippen LogP contribution in [-0.2, 0) is 5.41 Å². The summed E-state index contributed by atoms with van der Waals surface area (Å²) in [6, 6.07) is 8.22. The molecule has 0 bridgehead atoms. The number of hydrogen-bond acceptors (Lipinski definition) is 1. The summed E-state index contributed by atoms with van der Waals surface area (Å²) in [7, 11) is 0. The van der Waals surface area contributed by atoms with Crippen molar-refractivity contribution in [2.75, 3.05) is 0 Å². The van der Waals surface area contributed by atoms with Gasteiger partial charge in [-0.15, -0.1) is 0 Å². The van der Waals surface area contributed by atoms with Crippen LogP contribution in [0.3, 0.4) is 0 Å². The van der Waals surface area contributed by atoms with Crippen LogP contribution >= 0.6 is 0 Å². The van der Waals surface area contributed by atoms with Crippen LogP contribution in [0.25, 0.3) is 5.70 Å². The molecule has 0 aliphatic heterocycles. The minimum atomic E-state index is 0.172. The molecule has 0 unspecified atom stereocenters. The van der Waals surface area contributed by atoms with Gasteiger partial charge in [0.05, 0.1) is 0 Å². The van der Waals surface area contributed by atoms with Gasteiger partial charge in [-0.2, -0.15) is 0 Å². The monoisotopic (exact) mass is 175 g/mol. The van der Waals surface area contributed by atoms with E-state index >= 15 is 0 Å². The zero-order chi connectivity index (χ0) is 10.1. The third kappa shape index (κ3) is 2.35. The van der Waals surface area contributed by atoms with Gasteiger partial charge in [-0.25, -0.2) is 0 Å². The van der Waals surface area contributed by atoms with Gasteiger partial charge in [-0.05, 0) is 22.6 Å². The lowest BCUT2D eigenvalue weighted by Gasteiger charge is -2.19. The predicted molar refractivity (Wildman–Crippen MR) is 58.4 cm³/mol. The Morgan fingerprint density at radius 3 is 2.38 bits per heavy atom. The van der Waals surface area contributed by atoms with E-state index in [1.807, 2.05) is 12.1 Å². The maximum atomic E-state index is 5.63. The van der Waals surface area contributed by atoms with E-state index in [2.05, 4.69) is 39.5 Å². The molecule has 0 radical (unpaired) electrons. The molecule has 0 fully saturated rings. The van der Waals surface area contributed by atoms with Crippen molar-refractivity contribution in [3.8, 4) is 0 Å². The first-order valence-corrected chi connectivity index (χ1v) is 4.46. The normalized spacial score (nSPS) is 11.3. The minimum absolute atomic E-state index is 0.172. The molecule has 0 atom stereocenters. The summed E-state index contributed by atoms with van der Waals surface area (Å²) in [5.74, 6) is 0. The molecule has 1 aromatic rings. The van der Waals surface area contributed by atoms with Crippen molar-refractivity contribution in [2.24, 2.45) is 5.73 Å². The van der Waals surface area contributed by atoms with Gasteiger partial charge in [0.15, 0.2) is 0 Å². The molecule has 1 heteroatoms. The molecule has 13 heavy (non-hydrogen) atoms. The highest BCUT2D eigenvalue weighted by Gasteiger charge is 2.13. The molecule has 0 heterocycles. The van der Waals surface area contributed by atoms with E-state index in [0.29, 0.717) is 5.70 Å². The van der Waals surface area contributed by atoms with E-state index in [9.17, 15) is 0 Å². The molecular weight excluding hydrogens is 158 g/mol. The third-order valence-corrected chi connectivity index (χ3v) is 2.10. The number of benzene rings is 1. The van der Waals surface area contributed by atoms with Crippen molar-refractivity contribution in [1.29, 1.82) is 0 Å². The van der Waals surface area contributed by atoms with Crippen LogP contribution in [0.4, 0.5) is 0 Å². The highest BCUT2D eigenvalue weighted by atomic mass is 14.6. The SMILES string of the molecule is C=C(N)c1cccc(C(C)(C)C)c1. The van der Waals surface area contributed by atoms with Crippen molar-refractivity contribution >= 4 is 5.70 Å². The van der Waals surface area contributed by atoms with Gasteiger partial charge >= 0.3 is 0 Å². The molecule has 1 nitrogen and oxygen atoms in total. The molecule has 0 aliphatic rings. The van der Waals surface area contributed by atoms with Crippen molar-refractivity contribution in [2.45, 2.75) is 26.2 Å². The summed E-state index contributed by atoms with van der Waals surface area (Å²) in [5.41, 5.74) is 8.74. The Bertz CT molecular complexity index is 318. The highest BCUT2D eigenvalue weighted by Crippen LogP contribution is 2.23. The zero-order valence-electron chi connectivity index (χ0n) is 8.59. The Morgan fingerprint density at radius 2 is 1.92 bits per heavy atom. The molecular formula is C12H17N. The molecule has 70 valence electrons. The fourth-order valence-corrected chi connectivity index (χ4v) is 1.19. The van der Waals surface area contributed by atoms with E-state index in [1.54, 1.807) is 0 Å². The summed E-state index contributed by atoms with van der Waals surface area (Å²) >= 11 is 0. The Labute approximate surface area is 80.3 Å². The van der Waals surface area contributed by atoms with Crippen LogP contribution in [-0.4, -0.2) is 0 Å². The van der Waals surface area contributed by atoms with Crippen molar-refractivity contribution < 1.29 is 0 Å². The van der Waals surface area contributed by atoms with Crippen LogP contribution < -0.4 is 5.73 Å². The molecule has 0 aliphatic carbocycles. The lowest BCUT2D eigenvalue weighted by molar-refractivity contribution is 0.590. The van der Waals surface area contributed by atoms with Crippen LogP contribution in [0.15, 0.2) is 30.8 Å². The standard InChI is InChI=1S/C12H17N/c1-9(13)10-6-5-7-11(8-10)12(2,3)4/h5-8H,1,13H2,2-4H3. The average Bonchev–Trinajstić information content (AvgIpc) is 2.03. The van der Waals surface area contributed by atoms with Crippen molar-refractivity contribution in [1.82, 2.24) is 0 Å². The Morgan fingerprint density at radius 1 is 1.31 bits per heavy atom. The van der Waals surface area contributed by atoms with Crippen LogP contribution in [0.1, 0.15) is 31.9 Å². The highest BCUT2D eigenvalue weighted by molar-refractivity contribution is 5.61. The second-order valence-corrected chi connectivity index (χ2v) is 4.36.